The smallest absolute Gasteiger partial charge is 0.263 e. The van der Waals surface area contributed by atoms with E-state index in [2.05, 4.69) is 10.1 Å². The van der Waals surface area contributed by atoms with Gasteiger partial charge in [0.15, 0.2) is 0 Å². The predicted molar refractivity (Wildman–Crippen MR) is 106 cm³/mol. The maximum absolute atomic E-state index is 12.8. The van der Waals surface area contributed by atoms with Gasteiger partial charge in [0.05, 0.1) is 10.8 Å². The molecule has 0 spiro atoms. The van der Waals surface area contributed by atoms with Crippen LogP contribution in [0.15, 0.2) is 34.9 Å². The van der Waals surface area contributed by atoms with E-state index in [1.54, 1.807) is 0 Å². The maximum Gasteiger partial charge on any atom is 0.263 e. The summed E-state index contributed by atoms with van der Waals surface area (Å²) in [6.07, 6.45) is 1.86. The second kappa shape index (κ2) is 7.44. The van der Waals surface area contributed by atoms with Crippen molar-refractivity contribution in [1.29, 1.82) is 0 Å². The summed E-state index contributed by atoms with van der Waals surface area (Å²) in [5.74, 6) is 1.28. The molecule has 4 rings (SSSR count). The third-order valence-electron chi connectivity index (χ3n) is 4.96. The molecule has 1 fully saturated rings. The first-order valence-electron chi connectivity index (χ1n) is 8.97. The van der Waals surface area contributed by atoms with Crippen molar-refractivity contribution < 1.29 is 9.32 Å². The Hall–Kier alpha value is -2.18. The lowest BCUT2D eigenvalue weighted by atomic mass is 9.97. The Labute approximate surface area is 167 Å². The Kier molecular flexibility index (Phi) is 5.02. The van der Waals surface area contributed by atoms with Gasteiger partial charge in [0.25, 0.3) is 5.91 Å². The van der Waals surface area contributed by atoms with E-state index in [1.165, 1.54) is 11.3 Å². The fraction of sp³-hybridized carbons (Fsp3) is 0.350. The van der Waals surface area contributed by atoms with Gasteiger partial charge >= 0.3 is 0 Å². The summed E-state index contributed by atoms with van der Waals surface area (Å²) < 4.78 is 5.55. The van der Waals surface area contributed by atoms with Crippen LogP contribution in [-0.4, -0.2) is 34.0 Å². The number of aromatic nitrogens is 2. The molecule has 5 nitrogen and oxygen atoms in total. The molecule has 7 heteroatoms. The van der Waals surface area contributed by atoms with Gasteiger partial charge in [0, 0.05) is 28.6 Å². The molecule has 1 aromatic carbocycles. The molecule has 2 aromatic heterocycles. The van der Waals surface area contributed by atoms with E-state index in [-0.39, 0.29) is 11.8 Å². The minimum atomic E-state index is 0.0597. The van der Waals surface area contributed by atoms with Crippen LogP contribution in [0.4, 0.5) is 0 Å². The first-order chi connectivity index (χ1) is 13.0. The number of halogens is 1. The SMILES string of the molecule is Cc1ccc(C(=O)N2CCCC(c3nc(-c4cccc(Cl)c4C)no3)C2)s1. The van der Waals surface area contributed by atoms with Crippen LogP contribution < -0.4 is 0 Å². The lowest BCUT2D eigenvalue weighted by Gasteiger charge is -2.30. The lowest BCUT2D eigenvalue weighted by Crippen LogP contribution is -2.38. The van der Waals surface area contributed by atoms with Crippen molar-refractivity contribution >= 4 is 28.8 Å². The minimum Gasteiger partial charge on any atom is -0.339 e. The summed E-state index contributed by atoms with van der Waals surface area (Å²) in [7, 11) is 0. The fourth-order valence-corrected chi connectivity index (χ4v) is 4.44. The van der Waals surface area contributed by atoms with E-state index in [0.29, 0.717) is 23.3 Å². The molecule has 3 aromatic rings. The lowest BCUT2D eigenvalue weighted by molar-refractivity contribution is 0.0700. The van der Waals surface area contributed by atoms with Crippen LogP contribution in [-0.2, 0) is 0 Å². The van der Waals surface area contributed by atoms with E-state index >= 15 is 0 Å². The highest BCUT2D eigenvalue weighted by atomic mass is 35.5. The van der Waals surface area contributed by atoms with Gasteiger partial charge in [-0.05, 0) is 50.5 Å². The molecule has 0 bridgehead atoms. The third-order valence-corrected chi connectivity index (χ3v) is 6.36. The number of rotatable bonds is 3. The number of thiophene rings is 1. The van der Waals surface area contributed by atoms with Crippen LogP contribution in [0.1, 0.15) is 44.8 Å². The van der Waals surface area contributed by atoms with Gasteiger partial charge in [-0.3, -0.25) is 4.79 Å². The van der Waals surface area contributed by atoms with Crippen LogP contribution in [0.2, 0.25) is 5.02 Å². The van der Waals surface area contributed by atoms with Crippen LogP contribution in [0.3, 0.4) is 0 Å². The second-order valence-corrected chi connectivity index (χ2v) is 8.56. The zero-order valence-electron chi connectivity index (χ0n) is 15.2. The number of aryl methyl sites for hydroxylation is 1. The van der Waals surface area contributed by atoms with Crippen LogP contribution in [0.25, 0.3) is 11.4 Å². The normalized spacial score (nSPS) is 17.3. The largest absolute Gasteiger partial charge is 0.339 e. The summed E-state index contributed by atoms with van der Waals surface area (Å²) in [6.45, 7) is 5.32. The number of carbonyl (C=O) groups is 1. The number of hydrogen-bond donors (Lipinski definition) is 0. The van der Waals surface area contributed by atoms with Gasteiger partial charge < -0.3 is 9.42 Å². The summed E-state index contributed by atoms with van der Waals surface area (Å²) in [6, 6.07) is 9.55. The highest BCUT2D eigenvalue weighted by Gasteiger charge is 2.29. The summed E-state index contributed by atoms with van der Waals surface area (Å²) in [4.78, 5) is 21.2. The van der Waals surface area contributed by atoms with Crippen molar-refractivity contribution in [2.45, 2.75) is 32.6 Å². The minimum absolute atomic E-state index is 0.0597. The third kappa shape index (κ3) is 3.64. The molecule has 3 heterocycles. The van der Waals surface area contributed by atoms with Crippen LogP contribution >= 0.6 is 22.9 Å². The van der Waals surface area contributed by atoms with Gasteiger partial charge in [-0.1, -0.05) is 28.9 Å². The van der Waals surface area contributed by atoms with Gasteiger partial charge in [-0.25, -0.2) is 0 Å². The molecule has 1 unspecified atom stereocenters. The van der Waals surface area contributed by atoms with E-state index in [0.717, 1.165) is 40.3 Å². The van der Waals surface area contributed by atoms with Crippen molar-refractivity contribution in [1.82, 2.24) is 15.0 Å². The zero-order valence-corrected chi connectivity index (χ0v) is 16.8. The number of amides is 1. The second-order valence-electron chi connectivity index (χ2n) is 6.87. The Morgan fingerprint density at radius 1 is 1.30 bits per heavy atom. The Morgan fingerprint density at radius 2 is 2.15 bits per heavy atom. The average Bonchev–Trinajstić information content (AvgIpc) is 3.33. The first kappa shape index (κ1) is 18.2. The van der Waals surface area contributed by atoms with Crippen molar-refractivity contribution in [2.75, 3.05) is 13.1 Å². The van der Waals surface area contributed by atoms with Gasteiger partial charge in [-0.2, -0.15) is 4.98 Å². The summed E-state index contributed by atoms with van der Waals surface area (Å²) in [5.41, 5.74) is 1.80. The molecule has 140 valence electrons. The van der Waals surface area contributed by atoms with Crippen LogP contribution in [0.5, 0.6) is 0 Å². The topological polar surface area (TPSA) is 59.2 Å². The standard InChI is InChI=1S/C20H20ClN3O2S/c1-12-8-9-17(27-12)20(25)24-10-4-5-14(11-24)19-22-18(23-26-19)15-6-3-7-16(21)13(15)2/h3,6-9,14H,4-5,10-11H2,1-2H3. The highest BCUT2D eigenvalue weighted by Crippen LogP contribution is 2.31. The van der Waals surface area contributed by atoms with E-state index in [9.17, 15) is 4.79 Å². The first-order valence-corrected chi connectivity index (χ1v) is 10.2. The van der Waals surface area contributed by atoms with Crippen molar-refractivity contribution in [2.24, 2.45) is 0 Å². The molecule has 0 saturated carbocycles. The molecule has 1 atom stereocenters. The monoisotopic (exact) mass is 401 g/mol. The number of nitrogens with zero attached hydrogens (tertiary/aromatic N) is 3. The Bertz CT molecular complexity index is 981. The Morgan fingerprint density at radius 3 is 2.93 bits per heavy atom. The maximum atomic E-state index is 12.8. The van der Waals surface area contributed by atoms with Gasteiger partial charge in [0.1, 0.15) is 0 Å². The molecule has 0 radical (unpaired) electrons. The number of likely N-dealkylation sites (tertiary alicyclic amines) is 1. The predicted octanol–water partition coefficient (Wildman–Crippen LogP) is 5.09. The molecule has 1 aliphatic rings. The van der Waals surface area contributed by atoms with Crippen molar-refractivity contribution in [3.8, 4) is 11.4 Å². The molecule has 27 heavy (non-hydrogen) atoms. The number of piperidine rings is 1. The van der Waals surface area contributed by atoms with E-state index in [1.807, 2.05) is 49.1 Å². The molecule has 1 aliphatic heterocycles. The molecule has 0 N–H and O–H groups in total. The average molecular weight is 402 g/mol. The number of hydrogen-bond acceptors (Lipinski definition) is 5. The molecule has 0 aliphatic carbocycles. The van der Waals surface area contributed by atoms with Crippen molar-refractivity contribution in [3.63, 3.8) is 0 Å². The number of carbonyl (C=O) groups excluding carboxylic acids is 1. The van der Waals surface area contributed by atoms with Crippen LogP contribution in [0, 0.1) is 13.8 Å². The molecular weight excluding hydrogens is 382 g/mol. The van der Waals surface area contributed by atoms with Crippen molar-refractivity contribution in [3.05, 3.63) is 56.6 Å². The van der Waals surface area contributed by atoms with E-state index in [4.69, 9.17) is 16.1 Å². The van der Waals surface area contributed by atoms with Gasteiger partial charge in [-0.15, -0.1) is 11.3 Å². The number of benzene rings is 1. The quantitative estimate of drug-likeness (QED) is 0.613. The molecule has 1 saturated heterocycles. The summed E-state index contributed by atoms with van der Waals surface area (Å²) >= 11 is 7.74. The summed E-state index contributed by atoms with van der Waals surface area (Å²) in [5, 5.41) is 4.83. The molecular formula is C20H20ClN3O2S. The highest BCUT2D eigenvalue weighted by molar-refractivity contribution is 7.13. The Balaban J connectivity index is 1.53. The van der Waals surface area contributed by atoms with E-state index < -0.39 is 0 Å². The van der Waals surface area contributed by atoms with Gasteiger partial charge in [0.2, 0.25) is 11.7 Å². The molecule has 1 amide bonds. The fourth-order valence-electron chi connectivity index (χ4n) is 3.43. The zero-order chi connectivity index (χ0) is 19.0.